The molecule has 3 N–H and O–H groups in total. The van der Waals surface area contributed by atoms with Crippen LogP contribution in [0.25, 0.3) is 0 Å². The molecule has 0 saturated heterocycles. The summed E-state index contributed by atoms with van der Waals surface area (Å²) >= 11 is 0. The molecule has 0 bridgehead atoms. The van der Waals surface area contributed by atoms with E-state index in [1.54, 1.807) is 6.92 Å². The van der Waals surface area contributed by atoms with E-state index in [1.807, 2.05) is 0 Å². The molecule has 0 fully saturated rings. The molecule has 1 aromatic rings. The smallest absolute Gasteiger partial charge is 0.321 e. The van der Waals surface area contributed by atoms with Gasteiger partial charge < -0.3 is 15.6 Å². The first-order valence-electron chi connectivity index (χ1n) is 3.01. The number of rotatable bonds is 3. The summed E-state index contributed by atoms with van der Waals surface area (Å²) in [5.74, 6) is 0.0397. The van der Waals surface area contributed by atoms with E-state index < -0.39 is 5.91 Å². The minimum Gasteiger partial charge on any atom is -0.368 e. The van der Waals surface area contributed by atoms with E-state index in [0.717, 1.165) is 0 Å². The van der Waals surface area contributed by atoms with E-state index in [1.165, 1.54) is 0 Å². The summed E-state index contributed by atoms with van der Waals surface area (Å²) in [5.41, 5.74) is 4.86. The zero-order valence-electron chi connectivity index (χ0n) is 6.00. The van der Waals surface area contributed by atoms with Crippen LogP contribution in [0, 0.1) is 6.92 Å². The van der Waals surface area contributed by atoms with Crippen molar-refractivity contribution in [2.24, 2.45) is 5.73 Å². The molecule has 6 nitrogen and oxygen atoms in total. The standard InChI is InChI=1S/C5H8N4O2/c1-3-8-5(11-9-3)7-2-4(6)10/h2H2,1H3,(H2,6,10)(H,7,8,9). The second-order valence-corrected chi connectivity index (χ2v) is 1.97. The van der Waals surface area contributed by atoms with Crippen molar-refractivity contribution in [1.29, 1.82) is 0 Å². The molecule has 6 heteroatoms. The first-order chi connectivity index (χ1) is 5.18. The van der Waals surface area contributed by atoms with Crippen LogP contribution in [0.4, 0.5) is 6.01 Å². The second-order valence-electron chi connectivity index (χ2n) is 1.97. The van der Waals surface area contributed by atoms with Gasteiger partial charge in [0.2, 0.25) is 5.91 Å². The lowest BCUT2D eigenvalue weighted by atomic mass is 10.6. The predicted molar refractivity (Wildman–Crippen MR) is 36.7 cm³/mol. The van der Waals surface area contributed by atoms with Crippen molar-refractivity contribution in [1.82, 2.24) is 10.1 Å². The quantitative estimate of drug-likeness (QED) is 0.602. The number of nitrogens with two attached hydrogens (primary N) is 1. The van der Waals surface area contributed by atoms with Crippen LogP contribution in [-0.2, 0) is 4.79 Å². The maximum absolute atomic E-state index is 10.2. The topological polar surface area (TPSA) is 94.0 Å². The summed E-state index contributed by atoms with van der Waals surface area (Å²) in [6.45, 7) is 1.68. The van der Waals surface area contributed by atoms with Crippen molar-refractivity contribution in [2.75, 3.05) is 11.9 Å². The van der Waals surface area contributed by atoms with Crippen LogP contribution in [0.3, 0.4) is 0 Å². The first kappa shape index (κ1) is 7.52. The van der Waals surface area contributed by atoms with Gasteiger partial charge in [-0.1, -0.05) is 5.16 Å². The lowest BCUT2D eigenvalue weighted by Crippen LogP contribution is -2.21. The third-order valence-electron chi connectivity index (χ3n) is 0.941. The van der Waals surface area contributed by atoms with Crippen LogP contribution in [0.1, 0.15) is 5.82 Å². The number of hydrogen-bond donors (Lipinski definition) is 2. The Hall–Kier alpha value is -1.59. The average molecular weight is 156 g/mol. The Morgan fingerprint density at radius 1 is 1.82 bits per heavy atom. The molecular formula is C5H8N4O2. The van der Waals surface area contributed by atoms with Gasteiger partial charge in [-0.15, -0.1) is 0 Å². The van der Waals surface area contributed by atoms with Gasteiger partial charge in [0.25, 0.3) is 0 Å². The number of anilines is 1. The summed E-state index contributed by atoms with van der Waals surface area (Å²) in [6.07, 6.45) is 0. The van der Waals surface area contributed by atoms with Gasteiger partial charge >= 0.3 is 6.01 Å². The van der Waals surface area contributed by atoms with Crippen molar-refractivity contribution in [3.05, 3.63) is 5.82 Å². The lowest BCUT2D eigenvalue weighted by molar-refractivity contribution is -0.116. The molecule has 1 aromatic heterocycles. The average Bonchev–Trinajstić information content (AvgIpc) is 2.31. The number of hydrogen-bond acceptors (Lipinski definition) is 5. The molecule has 60 valence electrons. The number of amides is 1. The molecular weight excluding hydrogens is 148 g/mol. The maximum atomic E-state index is 10.2. The summed E-state index contributed by atoms with van der Waals surface area (Å²) in [6, 6.07) is 0.210. The highest BCUT2D eigenvalue weighted by molar-refractivity contribution is 5.78. The largest absolute Gasteiger partial charge is 0.368 e. The van der Waals surface area contributed by atoms with Gasteiger partial charge in [-0.05, 0) is 6.92 Å². The normalized spacial score (nSPS) is 9.55. The predicted octanol–water partition coefficient (Wildman–Crippen LogP) is -0.725. The minimum absolute atomic E-state index is 0.00162. The monoisotopic (exact) mass is 156 g/mol. The molecule has 1 rings (SSSR count). The number of nitrogens with zero attached hydrogens (tertiary/aromatic N) is 2. The SMILES string of the molecule is Cc1noc(NCC(N)=O)n1. The van der Waals surface area contributed by atoms with Crippen LogP contribution >= 0.6 is 0 Å². The van der Waals surface area contributed by atoms with Crippen molar-refractivity contribution >= 4 is 11.9 Å². The number of carbonyl (C=O) groups excluding carboxylic acids is 1. The highest BCUT2D eigenvalue weighted by Gasteiger charge is 2.01. The molecule has 1 amide bonds. The first-order valence-corrected chi connectivity index (χ1v) is 3.01. The minimum atomic E-state index is -0.471. The lowest BCUT2D eigenvalue weighted by Gasteiger charge is -1.93. The third kappa shape index (κ3) is 2.24. The molecule has 0 atom stereocenters. The van der Waals surface area contributed by atoms with Gasteiger partial charge in [0.1, 0.15) is 0 Å². The van der Waals surface area contributed by atoms with Crippen molar-refractivity contribution in [3.63, 3.8) is 0 Å². The molecule has 0 aliphatic heterocycles. The van der Waals surface area contributed by atoms with Gasteiger partial charge in [-0.25, -0.2) is 0 Å². The van der Waals surface area contributed by atoms with E-state index in [-0.39, 0.29) is 12.6 Å². The number of aromatic nitrogens is 2. The second kappa shape index (κ2) is 3.00. The van der Waals surface area contributed by atoms with Crippen LogP contribution in [0.2, 0.25) is 0 Å². The molecule has 0 spiro atoms. The summed E-state index contributed by atoms with van der Waals surface area (Å²) in [5, 5.41) is 6.04. The molecule has 0 aromatic carbocycles. The Morgan fingerprint density at radius 2 is 2.55 bits per heavy atom. The van der Waals surface area contributed by atoms with Gasteiger partial charge in [-0.2, -0.15) is 4.98 Å². The van der Waals surface area contributed by atoms with E-state index in [4.69, 9.17) is 5.73 Å². The van der Waals surface area contributed by atoms with Gasteiger partial charge in [-0.3, -0.25) is 4.79 Å². The molecule has 0 unspecified atom stereocenters. The van der Waals surface area contributed by atoms with Crippen molar-refractivity contribution in [2.45, 2.75) is 6.92 Å². The molecule has 1 heterocycles. The fourth-order valence-electron chi connectivity index (χ4n) is 0.532. The Balaban J connectivity index is 2.45. The number of nitrogens with one attached hydrogen (secondary N) is 1. The number of primary amides is 1. The zero-order chi connectivity index (χ0) is 8.27. The summed E-state index contributed by atoms with van der Waals surface area (Å²) < 4.78 is 4.63. The fourth-order valence-corrected chi connectivity index (χ4v) is 0.532. The van der Waals surface area contributed by atoms with Crippen molar-refractivity contribution in [3.8, 4) is 0 Å². The number of carbonyl (C=O) groups is 1. The summed E-state index contributed by atoms with van der Waals surface area (Å²) in [4.78, 5) is 14.0. The molecule has 0 aliphatic rings. The maximum Gasteiger partial charge on any atom is 0.321 e. The molecule has 11 heavy (non-hydrogen) atoms. The Morgan fingerprint density at radius 3 is 3.00 bits per heavy atom. The molecule has 0 aliphatic carbocycles. The third-order valence-corrected chi connectivity index (χ3v) is 0.941. The highest BCUT2D eigenvalue weighted by Crippen LogP contribution is 1.99. The van der Waals surface area contributed by atoms with Gasteiger partial charge in [0.05, 0.1) is 6.54 Å². The van der Waals surface area contributed by atoms with Gasteiger partial charge in [0.15, 0.2) is 5.82 Å². The molecule has 0 radical (unpaired) electrons. The van der Waals surface area contributed by atoms with Crippen LogP contribution in [0.15, 0.2) is 4.52 Å². The van der Waals surface area contributed by atoms with Gasteiger partial charge in [0, 0.05) is 0 Å². The highest BCUT2D eigenvalue weighted by atomic mass is 16.5. The van der Waals surface area contributed by atoms with Crippen LogP contribution in [0.5, 0.6) is 0 Å². The Labute approximate surface area is 62.8 Å². The zero-order valence-corrected chi connectivity index (χ0v) is 6.00. The molecule has 0 saturated carbocycles. The Kier molecular flexibility index (Phi) is 2.05. The number of aryl methyl sites for hydroxylation is 1. The van der Waals surface area contributed by atoms with E-state index in [0.29, 0.717) is 5.82 Å². The van der Waals surface area contributed by atoms with E-state index >= 15 is 0 Å². The van der Waals surface area contributed by atoms with Crippen LogP contribution < -0.4 is 11.1 Å². The van der Waals surface area contributed by atoms with E-state index in [9.17, 15) is 4.79 Å². The van der Waals surface area contributed by atoms with E-state index in [2.05, 4.69) is 20.0 Å². The van der Waals surface area contributed by atoms with Crippen LogP contribution in [-0.4, -0.2) is 22.6 Å². The Bertz CT molecular complexity index is 257. The van der Waals surface area contributed by atoms with Crippen molar-refractivity contribution < 1.29 is 9.32 Å². The fraction of sp³-hybridized carbons (Fsp3) is 0.400. The summed E-state index contributed by atoms with van der Waals surface area (Å²) in [7, 11) is 0.